The van der Waals surface area contributed by atoms with Gasteiger partial charge in [-0.3, -0.25) is 0 Å². The summed E-state index contributed by atoms with van der Waals surface area (Å²) in [6.07, 6.45) is 11.1. The summed E-state index contributed by atoms with van der Waals surface area (Å²) in [6.45, 7) is 10.8. The third kappa shape index (κ3) is 5.19. The second-order valence-electron chi connectivity index (χ2n) is 9.16. The van der Waals surface area contributed by atoms with E-state index in [1.165, 1.54) is 71.0 Å². The van der Waals surface area contributed by atoms with Gasteiger partial charge in [0.05, 0.1) is 0 Å². The third-order valence-corrected chi connectivity index (χ3v) is 7.00. The zero-order valence-electron chi connectivity index (χ0n) is 16.4. The highest BCUT2D eigenvalue weighted by Crippen LogP contribution is 2.35. The van der Waals surface area contributed by atoms with Gasteiger partial charge in [0.25, 0.3) is 0 Å². The second-order valence-corrected chi connectivity index (χ2v) is 9.16. The molecule has 3 rings (SSSR count). The smallest absolute Gasteiger partial charge is 0.0480 e. The molecule has 0 bridgehead atoms. The molecule has 0 spiro atoms. The number of nitrogens with zero attached hydrogens (tertiary/aromatic N) is 2. The molecule has 3 nitrogen and oxygen atoms in total. The van der Waals surface area contributed by atoms with Crippen molar-refractivity contribution in [1.29, 1.82) is 0 Å². The van der Waals surface area contributed by atoms with Crippen molar-refractivity contribution < 1.29 is 4.74 Å². The zero-order valence-corrected chi connectivity index (χ0v) is 16.4. The molecule has 0 aromatic carbocycles. The van der Waals surface area contributed by atoms with E-state index in [1.807, 2.05) is 0 Å². The molecule has 3 heteroatoms. The Labute approximate surface area is 150 Å². The van der Waals surface area contributed by atoms with E-state index in [0.717, 1.165) is 43.1 Å². The molecule has 0 unspecified atom stereocenters. The van der Waals surface area contributed by atoms with Crippen LogP contribution in [0, 0.1) is 17.8 Å². The summed E-state index contributed by atoms with van der Waals surface area (Å²) in [5.74, 6) is 2.88. The molecular formula is C21H40N2O. The lowest BCUT2D eigenvalue weighted by molar-refractivity contribution is 0.0152. The Morgan fingerprint density at radius 1 is 0.917 bits per heavy atom. The molecule has 2 aliphatic heterocycles. The minimum Gasteiger partial charge on any atom is -0.381 e. The van der Waals surface area contributed by atoms with Gasteiger partial charge in [0, 0.05) is 25.3 Å². The molecule has 3 aliphatic rings. The summed E-state index contributed by atoms with van der Waals surface area (Å²) >= 11 is 0. The first-order valence-corrected chi connectivity index (χ1v) is 10.6. The van der Waals surface area contributed by atoms with Gasteiger partial charge >= 0.3 is 0 Å². The van der Waals surface area contributed by atoms with Gasteiger partial charge in [0.15, 0.2) is 0 Å². The van der Waals surface area contributed by atoms with Crippen LogP contribution in [-0.2, 0) is 4.74 Å². The monoisotopic (exact) mass is 336 g/mol. The van der Waals surface area contributed by atoms with Crippen molar-refractivity contribution in [3.8, 4) is 0 Å². The summed E-state index contributed by atoms with van der Waals surface area (Å²) in [4.78, 5) is 5.43. The van der Waals surface area contributed by atoms with E-state index < -0.39 is 0 Å². The van der Waals surface area contributed by atoms with Gasteiger partial charge in [0.2, 0.25) is 0 Å². The van der Waals surface area contributed by atoms with Crippen molar-refractivity contribution in [2.45, 2.75) is 77.3 Å². The van der Waals surface area contributed by atoms with Crippen molar-refractivity contribution >= 4 is 0 Å². The third-order valence-electron chi connectivity index (χ3n) is 7.00. The minimum absolute atomic E-state index is 0.801. The summed E-state index contributed by atoms with van der Waals surface area (Å²) < 4.78 is 5.52. The van der Waals surface area contributed by atoms with Crippen LogP contribution >= 0.6 is 0 Å². The first-order chi connectivity index (χ1) is 11.6. The van der Waals surface area contributed by atoms with Gasteiger partial charge in [-0.1, -0.05) is 13.8 Å². The van der Waals surface area contributed by atoms with Crippen LogP contribution in [0.1, 0.15) is 65.2 Å². The molecule has 0 radical (unpaired) electrons. The predicted molar refractivity (Wildman–Crippen MR) is 101 cm³/mol. The first-order valence-electron chi connectivity index (χ1n) is 10.6. The largest absolute Gasteiger partial charge is 0.381 e. The second kappa shape index (κ2) is 9.00. The number of hydrogen-bond acceptors (Lipinski definition) is 3. The number of likely N-dealkylation sites (tertiary alicyclic amines) is 1. The van der Waals surface area contributed by atoms with E-state index in [4.69, 9.17) is 4.74 Å². The fraction of sp³-hybridized carbons (Fsp3) is 1.00. The fourth-order valence-corrected chi connectivity index (χ4v) is 5.66. The van der Waals surface area contributed by atoms with Crippen LogP contribution in [0.3, 0.4) is 0 Å². The van der Waals surface area contributed by atoms with Crippen LogP contribution < -0.4 is 0 Å². The van der Waals surface area contributed by atoms with Gasteiger partial charge in [-0.05, 0) is 95.8 Å². The maximum absolute atomic E-state index is 5.52. The predicted octanol–water partition coefficient (Wildman–Crippen LogP) is 4.02. The Bertz CT molecular complexity index is 351. The molecule has 1 aliphatic carbocycles. The standard InChI is InChI=1S/C21H40N2O/c1-17-14-18(2)16-19(15-17)4-9-22(3)20-5-10-23(11-6-20)21-7-12-24-13-8-21/h17-21H,4-16H2,1-3H3/t17-,18-/m0/s1. The molecule has 1 saturated carbocycles. The van der Waals surface area contributed by atoms with Crippen LogP contribution in [0.15, 0.2) is 0 Å². The molecular weight excluding hydrogens is 296 g/mol. The Morgan fingerprint density at radius 3 is 2.17 bits per heavy atom. The van der Waals surface area contributed by atoms with Crippen LogP contribution in [0.5, 0.6) is 0 Å². The lowest BCUT2D eigenvalue weighted by Gasteiger charge is -2.42. The minimum atomic E-state index is 0.801. The molecule has 3 fully saturated rings. The van der Waals surface area contributed by atoms with Crippen LogP contribution in [0.2, 0.25) is 0 Å². The molecule has 24 heavy (non-hydrogen) atoms. The number of hydrogen-bond donors (Lipinski definition) is 0. The average Bonchev–Trinajstić information content (AvgIpc) is 2.60. The molecule has 140 valence electrons. The van der Waals surface area contributed by atoms with Crippen molar-refractivity contribution in [3.05, 3.63) is 0 Å². The number of ether oxygens (including phenoxy) is 1. The van der Waals surface area contributed by atoms with Crippen molar-refractivity contribution in [2.75, 3.05) is 39.9 Å². The number of piperidine rings is 1. The van der Waals surface area contributed by atoms with Gasteiger partial charge in [0.1, 0.15) is 0 Å². The highest BCUT2D eigenvalue weighted by atomic mass is 16.5. The van der Waals surface area contributed by atoms with Gasteiger partial charge in [-0.25, -0.2) is 0 Å². The quantitative estimate of drug-likeness (QED) is 0.754. The van der Waals surface area contributed by atoms with E-state index in [0.29, 0.717) is 0 Å². The van der Waals surface area contributed by atoms with Crippen molar-refractivity contribution in [1.82, 2.24) is 9.80 Å². The summed E-state index contributed by atoms with van der Waals surface area (Å²) in [5, 5.41) is 0. The lowest BCUT2D eigenvalue weighted by atomic mass is 9.75. The molecule has 2 saturated heterocycles. The van der Waals surface area contributed by atoms with Gasteiger partial charge < -0.3 is 14.5 Å². The highest BCUT2D eigenvalue weighted by Gasteiger charge is 2.29. The zero-order chi connectivity index (χ0) is 16.9. The van der Waals surface area contributed by atoms with E-state index in [2.05, 4.69) is 30.7 Å². The van der Waals surface area contributed by atoms with Crippen molar-refractivity contribution in [2.24, 2.45) is 17.8 Å². The molecule has 0 N–H and O–H groups in total. The Balaban J connectivity index is 1.36. The Morgan fingerprint density at radius 2 is 1.54 bits per heavy atom. The molecule has 0 aromatic heterocycles. The maximum atomic E-state index is 5.52. The van der Waals surface area contributed by atoms with Gasteiger partial charge in [-0.15, -0.1) is 0 Å². The van der Waals surface area contributed by atoms with Crippen LogP contribution in [0.4, 0.5) is 0 Å². The summed E-state index contributed by atoms with van der Waals surface area (Å²) in [7, 11) is 2.38. The number of rotatable bonds is 5. The van der Waals surface area contributed by atoms with Crippen molar-refractivity contribution in [3.63, 3.8) is 0 Å². The fourth-order valence-electron chi connectivity index (χ4n) is 5.66. The topological polar surface area (TPSA) is 15.7 Å². The first kappa shape index (κ1) is 18.7. The lowest BCUT2D eigenvalue weighted by Crippen LogP contribution is -2.48. The maximum Gasteiger partial charge on any atom is 0.0480 e. The summed E-state index contributed by atoms with van der Waals surface area (Å²) in [5.41, 5.74) is 0. The molecule has 0 amide bonds. The van der Waals surface area contributed by atoms with Gasteiger partial charge in [-0.2, -0.15) is 0 Å². The highest BCUT2D eigenvalue weighted by molar-refractivity contribution is 4.84. The van der Waals surface area contributed by atoms with E-state index >= 15 is 0 Å². The van der Waals surface area contributed by atoms with E-state index in [1.54, 1.807) is 0 Å². The molecule has 0 aromatic rings. The normalized spacial score (nSPS) is 34.8. The van der Waals surface area contributed by atoms with E-state index in [-0.39, 0.29) is 0 Å². The molecule has 2 heterocycles. The average molecular weight is 337 g/mol. The van der Waals surface area contributed by atoms with Crippen LogP contribution in [0.25, 0.3) is 0 Å². The summed E-state index contributed by atoms with van der Waals surface area (Å²) in [6, 6.07) is 1.62. The molecule has 2 atom stereocenters. The van der Waals surface area contributed by atoms with Crippen LogP contribution in [-0.4, -0.2) is 61.8 Å². The Kier molecular flexibility index (Phi) is 7.00. The van der Waals surface area contributed by atoms with E-state index in [9.17, 15) is 0 Å². The Hall–Kier alpha value is -0.120. The SMILES string of the molecule is C[C@@H]1CC(CCN(C)C2CCN(C3CCOCC3)CC2)C[C@@H](C)C1.